The molecule has 12 nitrogen and oxygen atoms in total. The summed E-state index contributed by atoms with van der Waals surface area (Å²) >= 11 is 0. The second-order valence-corrected chi connectivity index (χ2v) is 13.8. The number of benzene rings is 4. The smallest absolute Gasteiger partial charge is 0.243 e. The maximum absolute atomic E-state index is 12.5. The molecule has 4 aromatic carbocycles. The van der Waals surface area contributed by atoms with Gasteiger partial charge in [0.2, 0.25) is 17.7 Å². The molecular weight excluding hydrogens is 715 g/mol. The molecule has 12 heteroatoms. The molecule has 6 aromatic rings. The molecule has 0 unspecified atom stereocenters. The number of carbonyl (C=O) groups excluding carboxylic acids is 3. The molecule has 0 saturated carbocycles. The zero-order valence-corrected chi connectivity index (χ0v) is 31.8. The first kappa shape index (κ1) is 41.8. The second kappa shape index (κ2) is 20.0. The summed E-state index contributed by atoms with van der Waals surface area (Å²) in [6.45, 7) is 4.78. The first-order valence-corrected chi connectivity index (χ1v) is 19.1. The van der Waals surface area contributed by atoms with Gasteiger partial charge in [-0.3, -0.25) is 14.4 Å². The van der Waals surface area contributed by atoms with Crippen molar-refractivity contribution in [3.05, 3.63) is 132 Å². The molecule has 1 fully saturated rings. The van der Waals surface area contributed by atoms with Crippen molar-refractivity contribution in [3.63, 3.8) is 0 Å². The molecule has 0 bridgehead atoms. The molecule has 0 aliphatic carbocycles. The van der Waals surface area contributed by atoms with Crippen LogP contribution in [0.2, 0.25) is 0 Å². The third-order valence-electron chi connectivity index (χ3n) is 9.38. The number of anilines is 2. The van der Waals surface area contributed by atoms with Crippen molar-refractivity contribution in [1.82, 2.24) is 24.9 Å². The predicted molar refractivity (Wildman–Crippen MR) is 228 cm³/mol. The van der Waals surface area contributed by atoms with Gasteiger partial charge in [-0.1, -0.05) is 107 Å². The molecule has 57 heavy (non-hydrogen) atoms. The summed E-state index contributed by atoms with van der Waals surface area (Å²) in [6, 6.07) is 39.4. The number of carbonyl (C=O) groups is 3. The van der Waals surface area contributed by atoms with Crippen molar-refractivity contribution in [3.8, 4) is 33.9 Å². The van der Waals surface area contributed by atoms with E-state index in [4.69, 9.17) is 11.5 Å². The Kier molecular flexibility index (Phi) is 14.7. The number of nitrogens with zero attached hydrogens (tertiary/aromatic N) is 4. The van der Waals surface area contributed by atoms with E-state index in [1.807, 2.05) is 94.3 Å². The number of aryl methyl sites for hydroxylation is 2. The summed E-state index contributed by atoms with van der Waals surface area (Å²) < 4.78 is 3.67. The number of hydrogen-bond acceptors (Lipinski definition) is 7. The summed E-state index contributed by atoms with van der Waals surface area (Å²) in [4.78, 5) is 36.1. The van der Waals surface area contributed by atoms with Gasteiger partial charge in [0.15, 0.2) is 11.6 Å². The van der Waals surface area contributed by atoms with Crippen LogP contribution in [-0.4, -0.2) is 56.4 Å². The molecule has 296 valence electrons. The standard InChI is InChI=1S/C23H24N4O2.C21H25N5O.CH4/c1-2-7-16-8-6-9-17(12-16)20-14-21(25-23(29)18-13-22(28)24-15-18)26-27(20)19-10-4-3-5-11-19;1-2-7-15-8-6-9-16(12-15)19-13-20(24-21(27)18(23)14-22)25-26(19)17-10-4-3-5-11-17;/h3-6,8-12,14,18H,2,7,13,15H2,1H3,(H,24,28)(H,25,26,29);3-6,8-13,18H,2,7,14,22-23H2,1H3,(H,24,25,27);1H4/t2*18-;/m11./s1. The molecule has 3 heterocycles. The predicted octanol–water partition coefficient (Wildman–Crippen LogP) is 6.92. The van der Waals surface area contributed by atoms with E-state index in [0.717, 1.165) is 59.6 Å². The van der Waals surface area contributed by atoms with Gasteiger partial charge in [0.25, 0.3) is 0 Å². The van der Waals surface area contributed by atoms with E-state index >= 15 is 0 Å². The Labute approximate surface area is 334 Å². The number of para-hydroxylation sites is 2. The molecule has 1 aliphatic rings. The van der Waals surface area contributed by atoms with Gasteiger partial charge in [0.1, 0.15) is 0 Å². The van der Waals surface area contributed by atoms with Crippen molar-refractivity contribution in [1.29, 1.82) is 0 Å². The minimum absolute atomic E-state index is 0. The van der Waals surface area contributed by atoms with Gasteiger partial charge in [-0.15, -0.1) is 10.2 Å². The molecule has 0 spiro atoms. The fourth-order valence-electron chi connectivity index (χ4n) is 6.52. The van der Waals surface area contributed by atoms with Gasteiger partial charge in [-0.25, -0.2) is 9.36 Å². The van der Waals surface area contributed by atoms with Crippen LogP contribution in [0.4, 0.5) is 11.6 Å². The lowest BCUT2D eigenvalue weighted by molar-refractivity contribution is -0.123. The largest absolute Gasteiger partial charge is 0.355 e. The molecule has 7 N–H and O–H groups in total. The molecule has 1 aliphatic heterocycles. The normalized spacial score (nSPS) is 13.8. The van der Waals surface area contributed by atoms with Crippen LogP contribution in [-0.2, 0) is 27.2 Å². The van der Waals surface area contributed by atoms with E-state index in [1.54, 1.807) is 0 Å². The molecule has 0 radical (unpaired) electrons. The van der Waals surface area contributed by atoms with Gasteiger partial charge in [0, 0.05) is 42.8 Å². The lowest BCUT2D eigenvalue weighted by atomic mass is 10.0. The van der Waals surface area contributed by atoms with Crippen molar-refractivity contribution < 1.29 is 14.4 Å². The summed E-state index contributed by atoms with van der Waals surface area (Å²) in [5.74, 6) is -0.0549. The van der Waals surface area contributed by atoms with Crippen molar-refractivity contribution in [2.75, 3.05) is 23.7 Å². The Bertz CT molecular complexity index is 2250. The van der Waals surface area contributed by atoms with Crippen LogP contribution in [0, 0.1) is 5.92 Å². The zero-order chi connectivity index (χ0) is 39.4. The quantitative estimate of drug-likeness (QED) is 0.0848. The van der Waals surface area contributed by atoms with E-state index in [-0.39, 0.29) is 44.0 Å². The maximum Gasteiger partial charge on any atom is 0.243 e. The SMILES string of the molecule is C.CCCc1cccc(-c2cc(NC(=O)[C@H](N)CN)nn2-c2ccccc2)c1.CCCc1cccc(-c2cc(NC(=O)[C@H]3CNC(=O)C3)nn2-c2ccccc2)c1. The second-order valence-electron chi connectivity index (χ2n) is 13.8. The highest BCUT2D eigenvalue weighted by molar-refractivity contribution is 5.97. The lowest BCUT2D eigenvalue weighted by Crippen LogP contribution is -2.41. The summed E-state index contributed by atoms with van der Waals surface area (Å²) in [5.41, 5.74) is 19.5. The van der Waals surface area contributed by atoms with Gasteiger partial charge in [-0.05, 0) is 60.4 Å². The average molecular weight is 768 g/mol. The molecule has 3 amide bonds. The summed E-state index contributed by atoms with van der Waals surface area (Å²) in [5, 5.41) is 17.6. The Morgan fingerprint density at radius 2 is 1.23 bits per heavy atom. The van der Waals surface area contributed by atoms with Gasteiger partial charge in [-0.2, -0.15) is 0 Å². The highest BCUT2D eigenvalue weighted by atomic mass is 16.2. The fourth-order valence-corrected chi connectivity index (χ4v) is 6.52. The maximum atomic E-state index is 12.5. The van der Waals surface area contributed by atoms with Crippen molar-refractivity contribution >= 4 is 29.4 Å². The third kappa shape index (κ3) is 10.7. The number of hydrogen-bond donors (Lipinski definition) is 5. The zero-order valence-electron chi connectivity index (χ0n) is 31.8. The fraction of sp³-hybridized carbons (Fsp3) is 0.267. The number of nitrogens with two attached hydrogens (primary N) is 2. The highest BCUT2D eigenvalue weighted by Gasteiger charge is 2.28. The topological polar surface area (TPSA) is 175 Å². The molecule has 2 atom stereocenters. The number of rotatable bonds is 13. The number of aromatic nitrogens is 4. The lowest BCUT2D eigenvalue weighted by Gasteiger charge is -2.09. The van der Waals surface area contributed by atoms with E-state index < -0.39 is 6.04 Å². The molecular formula is C45H53N9O3. The average Bonchev–Trinajstić information content (AvgIpc) is 3.98. The van der Waals surface area contributed by atoms with E-state index in [0.29, 0.717) is 18.2 Å². The third-order valence-corrected chi connectivity index (χ3v) is 9.38. The monoisotopic (exact) mass is 767 g/mol. The summed E-state index contributed by atoms with van der Waals surface area (Å²) in [6.07, 6.45) is 4.41. The first-order valence-electron chi connectivity index (χ1n) is 19.1. The van der Waals surface area contributed by atoms with Crippen LogP contribution in [0.25, 0.3) is 33.9 Å². The molecule has 2 aromatic heterocycles. The van der Waals surface area contributed by atoms with Crippen LogP contribution in [0.3, 0.4) is 0 Å². The Morgan fingerprint density at radius 3 is 1.67 bits per heavy atom. The van der Waals surface area contributed by atoms with Crippen molar-refractivity contribution in [2.45, 2.75) is 59.4 Å². The van der Waals surface area contributed by atoms with Gasteiger partial charge < -0.3 is 27.4 Å². The van der Waals surface area contributed by atoms with Crippen LogP contribution in [0.5, 0.6) is 0 Å². The van der Waals surface area contributed by atoms with Crippen LogP contribution < -0.4 is 27.4 Å². The molecule has 1 saturated heterocycles. The van der Waals surface area contributed by atoms with Gasteiger partial charge in [0.05, 0.1) is 34.7 Å². The first-order chi connectivity index (χ1) is 27.3. The molecule has 7 rings (SSSR count). The minimum Gasteiger partial charge on any atom is -0.355 e. The Morgan fingerprint density at radius 1 is 0.737 bits per heavy atom. The van der Waals surface area contributed by atoms with Crippen molar-refractivity contribution in [2.24, 2.45) is 17.4 Å². The van der Waals surface area contributed by atoms with E-state index in [2.05, 4.69) is 76.4 Å². The van der Waals surface area contributed by atoms with Crippen LogP contribution >= 0.6 is 0 Å². The number of nitrogens with one attached hydrogen (secondary N) is 3. The van der Waals surface area contributed by atoms with E-state index in [9.17, 15) is 14.4 Å². The summed E-state index contributed by atoms with van der Waals surface area (Å²) in [7, 11) is 0. The minimum atomic E-state index is -0.761. The Hall–Kier alpha value is -6.37. The van der Waals surface area contributed by atoms with Crippen LogP contribution in [0.15, 0.2) is 121 Å². The Balaban J connectivity index is 0.000000214. The van der Waals surface area contributed by atoms with Crippen LogP contribution in [0.1, 0.15) is 51.7 Å². The van der Waals surface area contributed by atoms with E-state index in [1.165, 1.54) is 11.1 Å². The number of amides is 3. The highest BCUT2D eigenvalue weighted by Crippen LogP contribution is 2.29. The van der Waals surface area contributed by atoms with Gasteiger partial charge >= 0.3 is 0 Å².